The highest BCUT2D eigenvalue weighted by atomic mass is 16.7. The quantitative estimate of drug-likeness (QED) is 0.531. The molecule has 0 aromatic rings. The molecule has 1 aliphatic heterocycles. The summed E-state index contributed by atoms with van der Waals surface area (Å²) >= 11 is 0. The van der Waals surface area contributed by atoms with Crippen LogP contribution in [0.2, 0.25) is 0 Å². The van der Waals surface area contributed by atoms with Gasteiger partial charge in [-0.05, 0) is 0 Å². The standard InChI is InChI=1S/C7H12O2/c1-3-4-8-7-6(2)5-9-7/h3,6-7H,1,4-5H2,2H3. The molecular formula is C7H12O2. The fraction of sp³-hybridized carbons (Fsp3) is 0.714. The highest BCUT2D eigenvalue weighted by molar-refractivity contribution is 4.70. The third-order valence-electron chi connectivity index (χ3n) is 1.37. The Morgan fingerprint density at radius 2 is 2.67 bits per heavy atom. The van der Waals surface area contributed by atoms with Crippen LogP contribution in [0.1, 0.15) is 6.92 Å². The molecule has 1 heterocycles. The van der Waals surface area contributed by atoms with Crippen LogP contribution in [0.4, 0.5) is 0 Å². The van der Waals surface area contributed by atoms with Crippen LogP contribution < -0.4 is 0 Å². The van der Waals surface area contributed by atoms with Gasteiger partial charge in [-0.15, -0.1) is 6.58 Å². The van der Waals surface area contributed by atoms with Crippen molar-refractivity contribution in [1.29, 1.82) is 0 Å². The summed E-state index contributed by atoms with van der Waals surface area (Å²) in [6.07, 6.45) is 1.76. The average Bonchev–Trinajstić information content (AvgIpc) is 1.86. The summed E-state index contributed by atoms with van der Waals surface area (Å²) in [6, 6.07) is 0. The van der Waals surface area contributed by atoms with E-state index < -0.39 is 0 Å². The first kappa shape index (κ1) is 6.78. The van der Waals surface area contributed by atoms with Gasteiger partial charge in [-0.3, -0.25) is 0 Å². The SMILES string of the molecule is C=CCOC1OCC1C. The van der Waals surface area contributed by atoms with Crippen molar-refractivity contribution in [2.75, 3.05) is 13.2 Å². The lowest BCUT2D eigenvalue weighted by Crippen LogP contribution is -2.39. The molecule has 0 aromatic heterocycles. The molecular weight excluding hydrogens is 116 g/mol. The zero-order chi connectivity index (χ0) is 6.69. The van der Waals surface area contributed by atoms with E-state index in [2.05, 4.69) is 13.5 Å². The Morgan fingerprint density at radius 3 is 3.00 bits per heavy atom. The fourth-order valence-corrected chi connectivity index (χ4v) is 0.743. The molecule has 2 atom stereocenters. The Kier molecular flexibility index (Phi) is 2.25. The zero-order valence-corrected chi connectivity index (χ0v) is 5.67. The van der Waals surface area contributed by atoms with Crippen molar-refractivity contribution in [3.63, 3.8) is 0 Å². The lowest BCUT2D eigenvalue weighted by Gasteiger charge is -2.33. The Balaban J connectivity index is 2.06. The van der Waals surface area contributed by atoms with E-state index in [1.54, 1.807) is 6.08 Å². The van der Waals surface area contributed by atoms with Crippen molar-refractivity contribution in [3.8, 4) is 0 Å². The van der Waals surface area contributed by atoms with Gasteiger partial charge in [0.25, 0.3) is 0 Å². The van der Waals surface area contributed by atoms with Crippen LogP contribution in [0, 0.1) is 5.92 Å². The van der Waals surface area contributed by atoms with Crippen molar-refractivity contribution in [2.24, 2.45) is 5.92 Å². The first-order valence-corrected chi connectivity index (χ1v) is 3.18. The molecule has 2 heteroatoms. The van der Waals surface area contributed by atoms with Crippen molar-refractivity contribution in [3.05, 3.63) is 12.7 Å². The normalized spacial score (nSPS) is 33.4. The van der Waals surface area contributed by atoms with Crippen LogP contribution in [0.15, 0.2) is 12.7 Å². The van der Waals surface area contributed by atoms with Gasteiger partial charge in [0.1, 0.15) is 0 Å². The van der Waals surface area contributed by atoms with E-state index in [1.807, 2.05) is 0 Å². The summed E-state index contributed by atoms with van der Waals surface area (Å²) in [5, 5.41) is 0. The van der Waals surface area contributed by atoms with Crippen molar-refractivity contribution in [1.82, 2.24) is 0 Å². The average molecular weight is 128 g/mol. The molecule has 1 rings (SSSR count). The maximum atomic E-state index is 5.20. The third-order valence-corrected chi connectivity index (χ3v) is 1.37. The molecule has 52 valence electrons. The highest BCUT2D eigenvalue weighted by Gasteiger charge is 2.27. The minimum absolute atomic E-state index is 0.0306. The van der Waals surface area contributed by atoms with Crippen LogP contribution in [0.5, 0.6) is 0 Å². The Morgan fingerprint density at radius 1 is 1.89 bits per heavy atom. The van der Waals surface area contributed by atoms with Crippen LogP contribution in [0.3, 0.4) is 0 Å². The van der Waals surface area contributed by atoms with Gasteiger partial charge >= 0.3 is 0 Å². The lowest BCUT2D eigenvalue weighted by molar-refractivity contribution is -0.248. The summed E-state index contributed by atoms with van der Waals surface area (Å²) in [7, 11) is 0. The molecule has 1 saturated heterocycles. The number of hydrogen-bond acceptors (Lipinski definition) is 2. The topological polar surface area (TPSA) is 18.5 Å². The van der Waals surface area contributed by atoms with E-state index in [1.165, 1.54) is 0 Å². The third kappa shape index (κ3) is 1.53. The van der Waals surface area contributed by atoms with E-state index >= 15 is 0 Å². The number of rotatable bonds is 3. The molecule has 9 heavy (non-hydrogen) atoms. The predicted molar refractivity (Wildman–Crippen MR) is 35.1 cm³/mol. The molecule has 0 bridgehead atoms. The minimum atomic E-state index is 0.0306. The Labute approximate surface area is 55.5 Å². The van der Waals surface area contributed by atoms with Crippen LogP contribution in [-0.4, -0.2) is 19.5 Å². The summed E-state index contributed by atoms with van der Waals surface area (Å²) in [5.41, 5.74) is 0. The van der Waals surface area contributed by atoms with E-state index in [9.17, 15) is 0 Å². The van der Waals surface area contributed by atoms with E-state index in [-0.39, 0.29) is 6.29 Å². The van der Waals surface area contributed by atoms with E-state index in [0.717, 1.165) is 6.61 Å². The van der Waals surface area contributed by atoms with Gasteiger partial charge in [0.05, 0.1) is 13.2 Å². The lowest BCUT2D eigenvalue weighted by atomic mass is 10.1. The molecule has 0 amide bonds. The first-order valence-electron chi connectivity index (χ1n) is 3.18. The van der Waals surface area contributed by atoms with Crippen LogP contribution in [0.25, 0.3) is 0 Å². The summed E-state index contributed by atoms with van der Waals surface area (Å²) in [6.45, 7) is 7.07. The zero-order valence-electron chi connectivity index (χ0n) is 5.67. The van der Waals surface area contributed by atoms with Gasteiger partial charge in [-0.25, -0.2) is 0 Å². The number of ether oxygens (including phenoxy) is 2. The molecule has 1 aliphatic rings. The van der Waals surface area contributed by atoms with Gasteiger partial charge in [-0.1, -0.05) is 13.0 Å². The Bertz CT molecular complexity index is 101. The van der Waals surface area contributed by atoms with Crippen molar-refractivity contribution in [2.45, 2.75) is 13.2 Å². The molecule has 0 radical (unpaired) electrons. The largest absolute Gasteiger partial charge is 0.352 e. The smallest absolute Gasteiger partial charge is 0.162 e. The Hall–Kier alpha value is -0.340. The monoisotopic (exact) mass is 128 g/mol. The van der Waals surface area contributed by atoms with Gasteiger partial charge < -0.3 is 9.47 Å². The maximum Gasteiger partial charge on any atom is 0.162 e. The van der Waals surface area contributed by atoms with E-state index in [4.69, 9.17) is 9.47 Å². The van der Waals surface area contributed by atoms with E-state index in [0.29, 0.717) is 12.5 Å². The van der Waals surface area contributed by atoms with Gasteiger partial charge in [0, 0.05) is 5.92 Å². The fourth-order valence-electron chi connectivity index (χ4n) is 0.743. The minimum Gasteiger partial charge on any atom is -0.352 e. The molecule has 0 aromatic carbocycles. The second kappa shape index (κ2) is 2.99. The van der Waals surface area contributed by atoms with Crippen molar-refractivity contribution < 1.29 is 9.47 Å². The van der Waals surface area contributed by atoms with Gasteiger partial charge in [0.2, 0.25) is 0 Å². The summed E-state index contributed by atoms with van der Waals surface area (Å²) in [5.74, 6) is 0.560. The van der Waals surface area contributed by atoms with Crippen LogP contribution >= 0.6 is 0 Å². The maximum absolute atomic E-state index is 5.20. The second-order valence-electron chi connectivity index (χ2n) is 2.30. The van der Waals surface area contributed by atoms with Gasteiger partial charge in [0.15, 0.2) is 6.29 Å². The molecule has 1 fully saturated rings. The molecule has 0 aliphatic carbocycles. The molecule has 0 spiro atoms. The summed E-state index contributed by atoms with van der Waals surface area (Å²) < 4.78 is 10.3. The summed E-state index contributed by atoms with van der Waals surface area (Å²) in [4.78, 5) is 0. The molecule has 2 nitrogen and oxygen atoms in total. The predicted octanol–water partition coefficient (Wildman–Crippen LogP) is 1.18. The molecule has 2 unspecified atom stereocenters. The first-order chi connectivity index (χ1) is 4.34. The number of hydrogen-bond donors (Lipinski definition) is 0. The highest BCUT2D eigenvalue weighted by Crippen LogP contribution is 2.19. The van der Waals surface area contributed by atoms with Gasteiger partial charge in [-0.2, -0.15) is 0 Å². The molecule has 0 N–H and O–H groups in total. The second-order valence-corrected chi connectivity index (χ2v) is 2.30. The molecule has 0 saturated carbocycles. The van der Waals surface area contributed by atoms with Crippen LogP contribution in [-0.2, 0) is 9.47 Å². The van der Waals surface area contributed by atoms with Crippen molar-refractivity contribution >= 4 is 0 Å².